The van der Waals surface area contributed by atoms with Gasteiger partial charge in [-0.25, -0.2) is 13.2 Å². The van der Waals surface area contributed by atoms with Gasteiger partial charge in [0.05, 0.1) is 21.6 Å². The van der Waals surface area contributed by atoms with E-state index in [0.717, 1.165) is 0 Å². The van der Waals surface area contributed by atoms with Gasteiger partial charge in [0.1, 0.15) is 13.2 Å². The van der Waals surface area contributed by atoms with Crippen LogP contribution in [0.3, 0.4) is 0 Å². The zero-order valence-electron chi connectivity index (χ0n) is 12.3. The standard InChI is InChI=1S/C15H13N3O5S/c19-15-16-11-3-1-9(7-12(11)17-15)18-24(20,21)10-2-4-13-14(8-10)23-6-5-22-13/h1-4,7-8,18H,5-6H2,(H2,16,17,19). The van der Waals surface area contributed by atoms with Crippen LogP contribution in [0.4, 0.5) is 5.69 Å². The summed E-state index contributed by atoms with van der Waals surface area (Å²) in [6.45, 7) is 0.813. The number of hydrogen-bond acceptors (Lipinski definition) is 5. The van der Waals surface area contributed by atoms with Crippen LogP contribution in [0, 0.1) is 0 Å². The van der Waals surface area contributed by atoms with Gasteiger partial charge >= 0.3 is 5.69 Å². The molecule has 0 unspecified atom stereocenters. The Morgan fingerprint density at radius 1 is 0.917 bits per heavy atom. The van der Waals surface area contributed by atoms with Crippen LogP contribution >= 0.6 is 0 Å². The second-order valence-electron chi connectivity index (χ2n) is 5.25. The number of imidazole rings is 1. The molecule has 0 saturated carbocycles. The maximum atomic E-state index is 12.5. The molecule has 3 N–H and O–H groups in total. The van der Waals surface area contributed by atoms with E-state index in [2.05, 4.69) is 14.7 Å². The first-order valence-electron chi connectivity index (χ1n) is 7.16. The Morgan fingerprint density at radius 2 is 1.67 bits per heavy atom. The first-order chi connectivity index (χ1) is 11.5. The summed E-state index contributed by atoms with van der Waals surface area (Å²) < 4.78 is 38.4. The van der Waals surface area contributed by atoms with Gasteiger partial charge in [-0.1, -0.05) is 0 Å². The summed E-state index contributed by atoms with van der Waals surface area (Å²) in [5.74, 6) is 0.918. The van der Waals surface area contributed by atoms with Crippen molar-refractivity contribution >= 4 is 26.7 Å². The van der Waals surface area contributed by atoms with Gasteiger partial charge in [-0.05, 0) is 30.3 Å². The summed E-state index contributed by atoms with van der Waals surface area (Å²) in [7, 11) is -3.80. The Kier molecular flexibility index (Phi) is 3.24. The lowest BCUT2D eigenvalue weighted by atomic mass is 10.3. The molecular weight excluding hydrogens is 334 g/mol. The molecule has 0 atom stereocenters. The molecule has 3 aromatic rings. The monoisotopic (exact) mass is 347 g/mol. The third-order valence-electron chi connectivity index (χ3n) is 3.59. The zero-order valence-corrected chi connectivity index (χ0v) is 13.1. The van der Waals surface area contributed by atoms with Crippen molar-refractivity contribution in [3.8, 4) is 11.5 Å². The second-order valence-corrected chi connectivity index (χ2v) is 6.93. The summed E-state index contributed by atoms with van der Waals surface area (Å²) in [4.78, 5) is 16.5. The van der Waals surface area contributed by atoms with Crippen LogP contribution < -0.4 is 19.9 Å². The lowest BCUT2D eigenvalue weighted by molar-refractivity contribution is 0.171. The molecule has 2 heterocycles. The zero-order chi connectivity index (χ0) is 16.7. The molecule has 1 aliphatic heterocycles. The number of ether oxygens (including phenoxy) is 2. The highest BCUT2D eigenvalue weighted by atomic mass is 32.2. The van der Waals surface area contributed by atoms with Gasteiger partial charge in [0.15, 0.2) is 11.5 Å². The van der Waals surface area contributed by atoms with E-state index in [9.17, 15) is 13.2 Å². The molecule has 0 saturated heterocycles. The van der Waals surface area contributed by atoms with Gasteiger partial charge in [0.2, 0.25) is 0 Å². The van der Waals surface area contributed by atoms with Gasteiger partial charge < -0.3 is 19.4 Å². The molecule has 1 aromatic heterocycles. The van der Waals surface area contributed by atoms with Crippen molar-refractivity contribution in [1.82, 2.24) is 9.97 Å². The molecule has 0 fully saturated rings. The minimum absolute atomic E-state index is 0.0643. The lowest BCUT2D eigenvalue weighted by Crippen LogP contribution is -2.17. The number of nitrogens with one attached hydrogen (secondary N) is 3. The molecule has 8 nitrogen and oxygen atoms in total. The highest BCUT2D eigenvalue weighted by Gasteiger charge is 2.19. The van der Waals surface area contributed by atoms with E-state index < -0.39 is 10.0 Å². The third-order valence-corrected chi connectivity index (χ3v) is 4.97. The molecule has 2 aromatic carbocycles. The minimum Gasteiger partial charge on any atom is -0.486 e. The van der Waals surface area contributed by atoms with Crippen molar-refractivity contribution in [1.29, 1.82) is 0 Å². The first kappa shape index (κ1) is 14.6. The van der Waals surface area contributed by atoms with E-state index in [1.54, 1.807) is 24.3 Å². The second kappa shape index (κ2) is 5.31. The fourth-order valence-electron chi connectivity index (χ4n) is 2.50. The van der Waals surface area contributed by atoms with Crippen LogP contribution in [-0.4, -0.2) is 31.6 Å². The molecule has 0 aliphatic carbocycles. The average Bonchev–Trinajstić information content (AvgIpc) is 2.93. The number of rotatable bonds is 3. The Bertz CT molecular complexity index is 1080. The van der Waals surface area contributed by atoms with Crippen molar-refractivity contribution in [2.75, 3.05) is 17.9 Å². The number of H-pyrrole nitrogens is 2. The SMILES string of the molecule is O=c1[nH]c2ccc(NS(=O)(=O)c3ccc4c(c3)OCCO4)cc2[nH]1. The number of anilines is 1. The molecule has 0 bridgehead atoms. The van der Waals surface area contributed by atoms with E-state index in [1.165, 1.54) is 12.1 Å². The fraction of sp³-hybridized carbons (Fsp3) is 0.133. The Morgan fingerprint density at radius 3 is 2.50 bits per heavy atom. The van der Waals surface area contributed by atoms with Crippen LogP contribution in [0.25, 0.3) is 11.0 Å². The van der Waals surface area contributed by atoms with Crippen LogP contribution in [0.5, 0.6) is 11.5 Å². The van der Waals surface area contributed by atoms with E-state index in [1.807, 2.05) is 0 Å². The molecule has 124 valence electrons. The third kappa shape index (κ3) is 2.58. The van der Waals surface area contributed by atoms with Crippen LogP contribution in [0.15, 0.2) is 46.1 Å². The smallest absolute Gasteiger partial charge is 0.323 e. The van der Waals surface area contributed by atoms with Crippen molar-refractivity contribution in [2.24, 2.45) is 0 Å². The normalized spacial score (nSPS) is 13.8. The molecule has 4 rings (SSSR count). The summed E-state index contributed by atoms with van der Waals surface area (Å²) in [6.07, 6.45) is 0. The summed E-state index contributed by atoms with van der Waals surface area (Å²) in [5, 5.41) is 0. The van der Waals surface area contributed by atoms with Crippen molar-refractivity contribution < 1.29 is 17.9 Å². The average molecular weight is 347 g/mol. The van der Waals surface area contributed by atoms with Crippen LogP contribution in [-0.2, 0) is 10.0 Å². The number of hydrogen-bond donors (Lipinski definition) is 3. The van der Waals surface area contributed by atoms with Gasteiger partial charge in [-0.3, -0.25) is 4.72 Å². The Hall–Kier alpha value is -2.94. The maximum Gasteiger partial charge on any atom is 0.323 e. The van der Waals surface area contributed by atoms with E-state index in [-0.39, 0.29) is 10.6 Å². The van der Waals surface area contributed by atoms with Crippen molar-refractivity contribution in [3.05, 3.63) is 46.9 Å². The predicted molar refractivity (Wildman–Crippen MR) is 87.2 cm³/mol. The molecule has 24 heavy (non-hydrogen) atoms. The molecule has 1 aliphatic rings. The topological polar surface area (TPSA) is 113 Å². The number of aromatic amines is 2. The molecule has 0 amide bonds. The van der Waals surface area contributed by atoms with Crippen LogP contribution in [0.1, 0.15) is 0 Å². The summed E-state index contributed by atoms with van der Waals surface area (Å²) in [5.41, 5.74) is 1.11. The van der Waals surface area contributed by atoms with E-state index in [0.29, 0.717) is 41.4 Å². The van der Waals surface area contributed by atoms with Gasteiger partial charge in [0, 0.05) is 6.07 Å². The highest BCUT2D eigenvalue weighted by molar-refractivity contribution is 7.92. The number of aromatic nitrogens is 2. The Labute approximate surface area is 136 Å². The predicted octanol–water partition coefficient (Wildman–Crippen LogP) is 1.43. The Balaban J connectivity index is 1.67. The number of fused-ring (bicyclic) bond motifs is 2. The van der Waals surface area contributed by atoms with Crippen LogP contribution in [0.2, 0.25) is 0 Å². The number of sulfonamides is 1. The van der Waals surface area contributed by atoms with E-state index in [4.69, 9.17) is 9.47 Å². The summed E-state index contributed by atoms with van der Waals surface area (Å²) in [6, 6.07) is 9.18. The lowest BCUT2D eigenvalue weighted by Gasteiger charge is -2.19. The first-order valence-corrected chi connectivity index (χ1v) is 8.64. The van der Waals surface area contributed by atoms with Gasteiger partial charge in [-0.2, -0.15) is 0 Å². The highest BCUT2D eigenvalue weighted by Crippen LogP contribution is 2.32. The summed E-state index contributed by atoms with van der Waals surface area (Å²) >= 11 is 0. The number of benzene rings is 2. The van der Waals surface area contributed by atoms with Gasteiger partial charge in [-0.15, -0.1) is 0 Å². The van der Waals surface area contributed by atoms with Gasteiger partial charge in [0.25, 0.3) is 10.0 Å². The fourth-order valence-corrected chi connectivity index (χ4v) is 3.57. The van der Waals surface area contributed by atoms with Crippen molar-refractivity contribution in [2.45, 2.75) is 4.90 Å². The molecule has 9 heteroatoms. The molecular formula is C15H13N3O5S. The van der Waals surface area contributed by atoms with E-state index >= 15 is 0 Å². The molecule has 0 spiro atoms. The largest absolute Gasteiger partial charge is 0.486 e. The minimum atomic E-state index is -3.80. The quantitative estimate of drug-likeness (QED) is 0.663. The maximum absolute atomic E-state index is 12.5. The molecule has 0 radical (unpaired) electrons. The van der Waals surface area contributed by atoms with Crippen molar-refractivity contribution in [3.63, 3.8) is 0 Å².